The minimum Gasteiger partial charge on any atom is -0.463 e. The zero-order valence-electron chi connectivity index (χ0n) is 68.7. The molecule has 0 saturated carbocycles. The van der Waals surface area contributed by atoms with Crippen molar-refractivity contribution >= 4 is 33.6 Å². The molecule has 0 aliphatic heterocycles. The van der Waals surface area contributed by atoms with Gasteiger partial charge in [0.15, 0.2) is 6.10 Å². The van der Waals surface area contributed by atoms with Gasteiger partial charge in [0.1, 0.15) is 25.4 Å². The van der Waals surface area contributed by atoms with E-state index in [2.05, 4.69) is 167 Å². The maximum Gasteiger partial charge on any atom is 0.472 e. The Labute approximate surface area is 664 Å². The summed E-state index contributed by atoms with van der Waals surface area (Å²) in [6, 6.07) is 0. The Balaban J connectivity index is 4.46. The fourth-order valence-corrected chi connectivity index (χ4v) is 13.1. The van der Waals surface area contributed by atoms with Crippen LogP contribution in [0.5, 0.6) is 0 Å². The highest BCUT2D eigenvalue weighted by atomic mass is 31.2. The summed E-state index contributed by atoms with van der Waals surface area (Å²) in [5.74, 6) is -1.58. The van der Waals surface area contributed by atoms with Crippen molar-refractivity contribution in [3.8, 4) is 0 Å². The maximum absolute atomic E-state index is 13.0. The lowest BCUT2D eigenvalue weighted by Gasteiger charge is -2.21. The van der Waals surface area contributed by atoms with Crippen LogP contribution in [0.4, 0.5) is 0 Å². The molecular weight excluding hydrogens is 1410 g/mol. The summed E-state index contributed by atoms with van der Waals surface area (Å²) >= 11 is 0. The molecule has 0 aromatic heterocycles. The summed E-state index contributed by atoms with van der Waals surface area (Å²) < 4.78 is 61.3. The molecule has 0 aliphatic carbocycles. The number of hydrogen-bond acceptors (Lipinski definition) is 14. The molecule has 0 heterocycles. The van der Waals surface area contributed by atoms with Gasteiger partial charge in [0.25, 0.3) is 0 Å². The highest BCUT2D eigenvalue weighted by molar-refractivity contribution is 7.47. The van der Waals surface area contributed by atoms with Crippen LogP contribution in [0.25, 0.3) is 0 Å². The SMILES string of the molecule is CC/C=C\C/C=C\C/C=C\C/C=C\C/C=C\C/C=C\CCCCCCCCCCCCC(=O)OCC(COP(=O)(O)OCC(O)COP(=O)(O)OCC(O)COC(=O)CCCCCCCCCCCCCCCCC/C=C\C/C=C\C/C=C\C/C=C\C/C=C\CC)OC(=O)CCCCCCC/C=C\CCCCCC. The van der Waals surface area contributed by atoms with Crippen molar-refractivity contribution in [2.24, 2.45) is 0 Å². The van der Waals surface area contributed by atoms with E-state index in [0.717, 1.165) is 161 Å². The summed E-state index contributed by atoms with van der Waals surface area (Å²) in [7, 11) is -9.80. The standard InChI is InChI=1S/C91H156O16P2/c1-4-7-10-13-16-19-22-25-27-29-31-33-35-37-39-41-42-44-46-47-49-51-53-55-57-60-62-65-68-71-74-77-89(94)101-80-86(92)81-103-108(97,98)104-82-87(93)83-105-109(99,100)106-85-88(107-91(96)79-76-73-70-67-64-59-24-21-18-15-12-9-6-3)84-102-90(95)78-75-72-69-66-63-61-58-56-54-52-50-48-45-43-40-38-36-34-32-30-28-26-23-20-17-14-11-8-5-2/h7-8,10-11,16-17,19-21,24-28,31-34,37-40,45,48,86-88,92-93H,4-6,9,12-15,18,22-23,29-30,35-36,41-44,46-47,49-85H2,1-3H3,(H,97,98)(H,99,100)/b10-7-,11-8-,19-16-,20-17-,24-21-,27-25-,28-26-,33-31-,34-32-,39-37-,40-38-,48-45-. The normalized spacial score (nSPS) is 14.6. The van der Waals surface area contributed by atoms with E-state index in [1.807, 2.05) is 0 Å². The summed E-state index contributed by atoms with van der Waals surface area (Å²) in [5, 5.41) is 20.7. The Morgan fingerprint density at radius 2 is 0.486 bits per heavy atom. The quantitative estimate of drug-likeness (QED) is 0.0146. The third-order valence-electron chi connectivity index (χ3n) is 18.0. The average molecular weight is 1570 g/mol. The molecule has 18 heteroatoms. The minimum atomic E-state index is -4.94. The number of rotatable bonds is 81. The number of hydrogen-bond donors (Lipinski definition) is 4. The number of carbonyl (C=O) groups excluding carboxylic acids is 3. The zero-order chi connectivity index (χ0) is 79.4. The minimum absolute atomic E-state index is 0.0918. The second kappa shape index (κ2) is 82.9. The van der Waals surface area contributed by atoms with Crippen LogP contribution in [0.1, 0.15) is 355 Å². The Bertz CT molecular complexity index is 2560. The monoisotopic (exact) mass is 1570 g/mol. The van der Waals surface area contributed by atoms with E-state index < -0.39 is 91.5 Å². The molecular formula is C91H156O16P2. The number of phosphoric ester groups is 2. The fourth-order valence-electron chi connectivity index (χ4n) is 11.5. The van der Waals surface area contributed by atoms with Crippen LogP contribution in [0, 0.1) is 0 Å². The molecule has 4 N–H and O–H groups in total. The molecule has 0 spiro atoms. The highest BCUT2D eigenvalue weighted by Gasteiger charge is 2.29. The molecule has 626 valence electrons. The van der Waals surface area contributed by atoms with Gasteiger partial charge in [-0.3, -0.25) is 32.5 Å². The van der Waals surface area contributed by atoms with Crippen molar-refractivity contribution in [3.05, 3.63) is 146 Å². The van der Waals surface area contributed by atoms with Gasteiger partial charge in [-0.05, 0) is 141 Å². The van der Waals surface area contributed by atoms with Crippen molar-refractivity contribution in [2.75, 3.05) is 39.6 Å². The molecule has 0 radical (unpaired) electrons. The first-order valence-corrected chi connectivity index (χ1v) is 46.1. The number of phosphoric acid groups is 2. The van der Waals surface area contributed by atoms with Crippen LogP contribution in [0.3, 0.4) is 0 Å². The van der Waals surface area contributed by atoms with Crippen LogP contribution in [-0.4, -0.2) is 95.9 Å². The second-order valence-corrected chi connectivity index (χ2v) is 31.5. The van der Waals surface area contributed by atoms with E-state index in [0.29, 0.717) is 19.3 Å². The van der Waals surface area contributed by atoms with E-state index in [4.69, 9.17) is 32.3 Å². The Morgan fingerprint density at radius 3 is 0.780 bits per heavy atom. The van der Waals surface area contributed by atoms with E-state index in [1.54, 1.807) is 0 Å². The van der Waals surface area contributed by atoms with E-state index >= 15 is 0 Å². The van der Waals surface area contributed by atoms with Crippen molar-refractivity contribution < 1.29 is 75.8 Å². The number of aliphatic hydroxyl groups is 2. The van der Waals surface area contributed by atoms with E-state index in [1.165, 1.54) is 135 Å². The van der Waals surface area contributed by atoms with Gasteiger partial charge in [0.2, 0.25) is 0 Å². The van der Waals surface area contributed by atoms with Crippen LogP contribution in [0.2, 0.25) is 0 Å². The molecule has 0 amide bonds. The largest absolute Gasteiger partial charge is 0.472 e. The van der Waals surface area contributed by atoms with Gasteiger partial charge < -0.3 is 34.2 Å². The fraction of sp³-hybridized carbons (Fsp3) is 0.703. The van der Waals surface area contributed by atoms with Gasteiger partial charge in [-0.1, -0.05) is 340 Å². The Kier molecular flexibility index (Phi) is 79.4. The maximum atomic E-state index is 13.0. The lowest BCUT2D eigenvalue weighted by molar-refractivity contribution is -0.161. The second-order valence-electron chi connectivity index (χ2n) is 28.6. The molecule has 5 unspecified atom stereocenters. The van der Waals surface area contributed by atoms with Crippen LogP contribution in [0.15, 0.2) is 146 Å². The molecule has 0 aromatic carbocycles. The lowest BCUT2D eigenvalue weighted by Crippen LogP contribution is -2.30. The number of esters is 3. The van der Waals surface area contributed by atoms with Gasteiger partial charge in [-0.15, -0.1) is 0 Å². The lowest BCUT2D eigenvalue weighted by atomic mass is 10.0. The number of ether oxygens (including phenoxy) is 3. The average Bonchev–Trinajstić information content (AvgIpc) is 0.901. The van der Waals surface area contributed by atoms with Gasteiger partial charge in [-0.25, -0.2) is 9.13 Å². The molecule has 0 aliphatic rings. The van der Waals surface area contributed by atoms with Crippen molar-refractivity contribution in [2.45, 2.75) is 373 Å². The van der Waals surface area contributed by atoms with Crippen molar-refractivity contribution in [1.82, 2.24) is 0 Å². The number of aliphatic hydroxyl groups excluding tert-OH is 2. The molecule has 5 atom stereocenters. The topological polar surface area (TPSA) is 231 Å². The molecule has 0 rings (SSSR count). The van der Waals surface area contributed by atoms with Crippen LogP contribution >= 0.6 is 15.6 Å². The van der Waals surface area contributed by atoms with Gasteiger partial charge >= 0.3 is 33.6 Å². The summed E-state index contributed by atoms with van der Waals surface area (Å²) in [6.07, 6.45) is 103. The third-order valence-corrected chi connectivity index (χ3v) is 19.9. The van der Waals surface area contributed by atoms with Crippen LogP contribution in [-0.2, 0) is 55.8 Å². The first-order chi connectivity index (χ1) is 53.2. The molecule has 109 heavy (non-hydrogen) atoms. The summed E-state index contributed by atoms with van der Waals surface area (Å²) in [4.78, 5) is 58.8. The van der Waals surface area contributed by atoms with Crippen molar-refractivity contribution in [1.29, 1.82) is 0 Å². The van der Waals surface area contributed by atoms with E-state index in [9.17, 15) is 43.5 Å². The van der Waals surface area contributed by atoms with Crippen molar-refractivity contribution in [3.63, 3.8) is 0 Å². The number of allylic oxidation sites excluding steroid dienone is 24. The van der Waals surface area contributed by atoms with Gasteiger partial charge in [0.05, 0.1) is 26.4 Å². The highest BCUT2D eigenvalue weighted by Crippen LogP contribution is 2.45. The van der Waals surface area contributed by atoms with Gasteiger partial charge in [0, 0.05) is 19.3 Å². The first-order valence-electron chi connectivity index (χ1n) is 43.1. The van der Waals surface area contributed by atoms with Gasteiger partial charge in [-0.2, -0.15) is 0 Å². The molecule has 0 bridgehead atoms. The predicted octanol–water partition coefficient (Wildman–Crippen LogP) is 26.0. The smallest absolute Gasteiger partial charge is 0.463 e. The molecule has 0 saturated heterocycles. The van der Waals surface area contributed by atoms with Crippen LogP contribution < -0.4 is 0 Å². The third kappa shape index (κ3) is 84.2. The summed E-state index contributed by atoms with van der Waals surface area (Å²) in [6.45, 7) is 2.45. The van der Waals surface area contributed by atoms with E-state index in [-0.39, 0.29) is 19.3 Å². The number of carbonyl (C=O) groups is 3. The number of unbranched alkanes of at least 4 members (excludes halogenated alkanes) is 34. The predicted molar refractivity (Wildman–Crippen MR) is 454 cm³/mol. The molecule has 16 nitrogen and oxygen atoms in total. The molecule has 0 aromatic rings. The first kappa shape index (κ1) is 104. The molecule has 0 fully saturated rings. The Morgan fingerprint density at radius 1 is 0.266 bits per heavy atom. The summed E-state index contributed by atoms with van der Waals surface area (Å²) in [5.41, 5.74) is 0. The zero-order valence-corrected chi connectivity index (χ0v) is 70.5. The Hall–Kier alpha value is -4.57.